The van der Waals surface area contributed by atoms with E-state index in [4.69, 9.17) is 0 Å². The highest BCUT2D eigenvalue weighted by Gasteiger charge is 2.46. The minimum absolute atomic E-state index is 0.0334. The average molecular weight is 288 g/mol. The number of thioether (sulfide) groups is 1. The van der Waals surface area contributed by atoms with Crippen molar-refractivity contribution in [3.63, 3.8) is 0 Å². The Kier molecular flexibility index (Phi) is 3.22. The van der Waals surface area contributed by atoms with Crippen molar-refractivity contribution in [1.82, 2.24) is 9.55 Å². The highest BCUT2D eigenvalue weighted by molar-refractivity contribution is 8.02. The maximum absolute atomic E-state index is 13.3. The van der Waals surface area contributed by atoms with Gasteiger partial charge in [-0.3, -0.25) is 4.79 Å². The molecule has 0 saturated heterocycles. The Balaban J connectivity index is 2.01. The van der Waals surface area contributed by atoms with Gasteiger partial charge in [0.2, 0.25) is 0 Å². The fourth-order valence-electron chi connectivity index (χ4n) is 2.48. The van der Waals surface area contributed by atoms with Crippen LogP contribution in [0.3, 0.4) is 0 Å². The summed E-state index contributed by atoms with van der Waals surface area (Å²) in [7, 11) is 0. The van der Waals surface area contributed by atoms with Gasteiger partial charge in [0.25, 0.3) is 0 Å². The van der Waals surface area contributed by atoms with Gasteiger partial charge in [-0.05, 0) is 24.6 Å². The Bertz CT molecular complexity index is 669. The number of benzene rings is 1. The molecule has 0 fully saturated rings. The van der Waals surface area contributed by atoms with E-state index in [2.05, 4.69) is 11.6 Å². The summed E-state index contributed by atoms with van der Waals surface area (Å²) in [6, 6.07) is 4.33. The number of hydrogen-bond acceptors (Lipinski definition) is 3. The van der Waals surface area contributed by atoms with E-state index in [1.807, 2.05) is 10.8 Å². The first kappa shape index (κ1) is 13.1. The molecule has 3 nitrogen and oxygen atoms in total. The van der Waals surface area contributed by atoms with Crippen LogP contribution in [-0.2, 0) is 6.54 Å². The van der Waals surface area contributed by atoms with Crippen LogP contribution < -0.4 is 0 Å². The molecule has 0 N–H and O–H groups in total. The number of ketones is 1. The molecule has 0 spiro atoms. The second kappa shape index (κ2) is 4.90. The summed E-state index contributed by atoms with van der Waals surface area (Å²) >= 11 is 1.42. The molecule has 2 heterocycles. The van der Waals surface area contributed by atoms with Crippen molar-refractivity contribution in [1.29, 1.82) is 0 Å². The fraction of sp³-hybridized carbons (Fsp3) is 0.200. The molecular weight excluding hydrogens is 275 g/mol. The summed E-state index contributed by atoms with van der Waals surface area (Å²) in [5.41, 5.74) is 0.596. The Labute approximate surface area is 120 Å². The van der Waals surface area contributed by atoms with Gasteiger partial charge in [0.1, 0.15) is 10.6 Å². The number of rotatable bonds is 4. The summed E-state index contributed by atoms with van der Waals surface area (Å²) in [4.78, 5) is 17.4. The number of halogens is 1. The number of carbonyl (C=O) groups is 1. The highest BCUT2D eigenvalue weighted by Crippen LogP contribution is 2.48. The van der Waals surface area contributed by atoms with Crippen LogP contribution >= 0.6 is 11.8 Å². The van der Waals surface area contributed by atoms with Gasteiger partial charge in [-0.25, -0.2) is 9.37 Å². The van der Waals surface area contributed by atoms with Gasteiger partial charge in [0, 0.05) is 29.4 Å². The van der Waals surface area contributed by atoms with Crippen molar-refractivity contribution in [3.05, 3.63) is 61.0 Å². The van der Waals surface area contributed by atoms with Crippen LogP contribution in [0.1, 0.15) is 16.8 Å². The van der Waals surface area contributed by atoms with E-state index >= 15 is 0 Å². The predicted octanol–water partition coefficient (Wildman–Crippen LogP) is 3.33. The zero-order valence-electron chi connectivity index (χ0n) is 10.8. The van der Waals surface area contributed by atoms with Crippen molar-refractivity contribution >= 4 is 17.5 Å². The molecule has 1 aliphatic heterocycles. The molecule has 20 heavy (non-hydrogen) atoms. The molecule has 1 aliphatic rings. The topological polar surface area (TPSA) is 34.9 Å². The van der Waals surface area contributed by atoms with Crippen LogP contribution in [-0.4, -0.2) is 20.1 Å². The molecule has 1 unspecified atom stereocenters. The lowest BCUT2D eigenvalue weighted by Gasteiger charge is -2.25. The largest absolute Gasteiger partial charge is 0.336 e. The van der Waals surface area contributed by atoms with E-state index in [-0.39, 0.29) is 11.6 Å². The molecule has 3 rings (SSSR count). The Morgan fingerprint density at radius 3 is 3.05 bits per heavy atom. The first-order chi connectivity index (χ1) is 9.64. The number of fused-ring (bicyclic) bond motifs is 1. The molecule has 1 aromatic heterocycles. The van der Waals surface area contributed by atoms with Gasteiger partial charge in [0.05, 0.1) is 6.33 Å². The van der Waals surface area contributed by atoms with Crippen LogP contribution in [0.5, 0.6) is 0 Å². The van der Waals surface area contributed by atoms with E-state index in [0.29, 0.717) is 23.4 Å². The van der Waals surface area contributed by atoms with E-state index < -0.39 is 4.75 Å². The number of carbonyl (C=O) groups excluding carboxylic acids is 1. The molecule has 0 amide bonds. The number of Topliss-reactive ketones (excluding diaryl/α,β-unsaturated/α-hetero) is 1. The van der Waals surface area contributed by atoms with Crippen molar-refractivity contribution in [3.8, 4) is 0 Å². The van der Waals surface area contributed by atoms with Crippen LogP contribution in [0, 0.1) is 5.82 Å². The SMILES string of the molecule is C=CCC1(Cn2ccnc2)Sc2cc(F)ccc2C1=O. The van der Waals surface area contributed by atoms with Crippen LogP contribution in [0.2, 0.25) is 0 Å². The van der Waals surface area contributed by atoms with E-state index in [1.54, 1.807) is 24.7 Å². The van der Waals surface area contributed by atoms with Crippen molar-refractivity contribution in [2.24, 2.45) is 0 Å². The van der Waals surface area contributed by atoms with Gasteiger partial charge in [-0.1, -0.05) is 6.08 Å². The van der Waals surface area contributed by atoms with Gasteiger partial charge in [0.15, 0.2) is 5.78 Å². The Morgan fingerprint density at radius 1 is 1.50 bits per heavy atom. The van der Waals surface area contributed by atoms with Crippen LogP contribution in [0.25, 0.3) is 0 Å². The highest BCUT2D eigenvalue weighted by atomic mass is 32.2. The van der Waals surface area contributed by atoms with Crippen LogP contribution in [0.15, 0.2) is 54.5 Å². The molecule has 2 aromatic rings. The molecule has 102 valence electrons. The van der Waals surface area contributed by atoms with Gasteiger partial charge in [-0.2, -0.15) is 0 Å². The maximum Gasteiger partial charge on any atom is 0.182 e. The number of imidazole rings is 1. The third-order valence-electron chi connectivity index (χ3n) is 3.38. The summed E-state index contributed by atoms with van der Waals surface area (Å²) < 4.78 is 14.6. The lowest BCUT2D eigenvalue weighted by Crippen LogP contribution is -2.35. The number of nitrogens with zero attached hydrogens (tertiary/aromatic N) is 2. The van der Waals surface area contributed by atoms with Crippen molar-refractivity contribution in [2.45, 2.75) is 22.6 Å². The molecule has 0 aliphatic carbocycles. The molecule has 1 aromatic carbocycles. The smallest absolute Gasteiger partial charge is 0.182 e. The molecule has 5 heteroatoms. The van der Waals surface area contributed by atoms with E-state index in [1.165, 1.54) is 23.9 Å². The van der Waals surface area contributed by atoms with Crippen molar-refractivity contribution in [2.75, 3.05) is 0 Å². The third kappa shape index (κ3) is 2.08. The second-order valence-corrected chi connectivity index (χ2v) is 6.22. The molecule has 0 saturated carbocycles. The van der Waals surface area contributed by atoms with Gasteiger partial charge in [-0.15, -0.1) is 18.3 Å². The zero-order chi connectivity index (χ0) is 14.2. The molecule has 0 radical (unpaired) electrons. The van der Waals surface area contributed by atoms with Crippen molar-refractivity contribution < 1.29 is 9.18 Å². The van der Waals surface area contributed by atoms with E-state index in [0.717, 1.165) is 0 Å². The first-order valence-corrected chi connectivity index (χ1v) is 7.06. The quantitative estimate of drug-likeness (QED) is 0.809. The monoisotopic (exact) mass is 288 g/mol. The van der Waals surface area contributed by atoms with E-state index in [9.17, 15) is 9.18 Å². The lowest BCUT2D eigenvalue weighted by atomic mass is 9.94. The van der Waals surface area contributed by atoms with Gasteiger partial charge >= 0.3 is 0 Å². The summed E-state index contributed by atoms with van der Waals surface area (Å²) in [5.74, 6) is -0.285. The standard InChI is InChI=1S/C15H13FN2OS/c1-2-5-15(9-18-7-6-17-10-18)14(19)12-4-3-11(16)8-13(12)20-15/h2-4,6-8,10H,1,5,9H2. The number of hydrogen-bond donors (Lipinski definition) is 0. The number of allylic oxidation sites excluding steroid dienone is 1. The van der Waals surface area contributed by atoms with Gasteiger partial charge < -0.3 is 4.57 Å². The molecular formula is C15H13FN2OS. The Hall–Kier alpha value is -1.88. The fourth-order valence-corrected chi connectivity index (χ4v) is 3.96. The normalized spacial score (nSPS) is 20.9. The number of aromatic nitrogens is 2. The minimum atomic E-state index is -0.654. The lowest BCUT2D eigenvalue weighted by molar-refractivity contribution is 0.0937. The third-order valence-corrected chi connectivity index (χ3v) is 4.81. The summed E-state index contributed by atoms with van der Waals surface area (Å²) in [6.07, 6.45) is 7.46. The zero-order valence-corrected chi connectivity index (χ0v) is 11.6. The Morgan fingerprint density at radius 2 is 2.35 bits per heavy atom. The molecule has 1 atom stereocenters. The predicted molar refractivity (Wildman–Crippen MR) is 76.4 cm³/mol. The summed E-state index contributed by atoms with van der Waals surface area (Å²) in [6.45, 7) is 4.25. The molecule has 0 bridgehead atoms. The summed E-state index contributed by atoms with van der Waals surface area (Å²) in [5, 5.41) is 0. The second-order valence-electron chi connectivity index (χ2n) is 4.79. The first-order valence-electron chi connectivity index (χ1n) is 6.25. The van der Waals surface area contributed by atoms with Crippen LogP contribution in [0.4, 0.5) is 4.39 Å². The maximum atomic E-state index is 13.3. The minimum Gasteiger partial charge on any atom is -0.336 e. The average Bonchev–Trinajstić information content (AvgIpc) is 2.99.